The second-order valence-corrected chi connectivity index (χ2v) is 3.77. The van der Waals surface area contributed by atoms with Crippen LogP contribution in [0.5, 0.6) is 0 Å². The molecule has 0 aliphatic carbocycles. The topological polar surface area (TPSA) is 51.8 Å². The van der Waals surface area contributed by atoms with Gasteiger partial charge >= 0.3 is 5.97 Å². The Labute approximate surface area is 85.3 Å². The highest BCUT2D eigenvalue weighted by atomic mass is 32.2. The van der Waals surface area contributed by atoms with Crippen LogP contribution in [0.15, 0.2) is 27.8 Å². The quantitative estimate of drug-likeness (QED) is 0.692. The molecular formula is C9H9NO3S. The molecule has 0 saturated carbocycles. The maximum atomic E-state index is 11.2. The lowest BCUT2D eigenvalue weighted by Crippen LogP contribution is -2.19. The van der Waals surface area contributed by atoms with E-state index < -0.39 is 0 Å². The molecule has 74 valence electrons. The van der Waals surface area contributed by atoms with Crippen molar-refractivity contribution in [3.8, 4) is 0 Å². The van der Waals surface area contributed by atoms with Gasteiger partial charge in [0, 0.05) is 5.75 Å². The third kappa shape index (κ3) is 1.68. The Bertz CT molecular complexity index is 358. The first-order chi connectivity index (χ1) is 6.81. The summed E-state index contributed by atoms with van der Waals surface area (Å²) in [4.78, 5) is 15.4. The molecule has 14 heavy (non-hydrogen) atoms. The van der Waals surface area contributed by atoms with Crippen LogP contribution < -0.4 is 0 Å². The number of esters is 1. The van der Waals surface area contributed by atoms with Crippen LogP contribution in [-0.2, 0) is 9.53 Å². The summed E-state index contributed by atoms with van der Waals surface area (Å²) in [7, 11) is 1.37. The Morgan fingerprint density at radius 3 is 3.29 bits per heavy atom. The summed E-state index contributed by atoms with van der Waals surface area (Å²) >= 11 is 1.51. The van der Waals surface area contributed by atoms with Gasteiger partial charge in [0.1, 0.15) is 5.04 Å². The molecule has 0 saturated heterocycles. The Kier molecular flexibility index (Phi) is 2.58. The van der Waals surface area contributed by atoms with Crippen molar-refractivity contribution in [1.29, 1.82) is 0 Å². The number of aliphatic imine (C=N–C) groups is 1. The second-order valence-electron chi connectivity index (χ2n) is 2.76. The Balaban J connectivity index is 2.14. The fraction of sp³-hybridized carbons (Fsp3) is 0.333. The summed E-state index contributed by atoms with van der Waals surface area (Å²) in [5, 5.41) is 0.769. The normalized spacial score (nSPS) is 20.6. The average molecular weight is 211 g/mol. The summed E-state index contributed by atoms with van der Waals surface area (Å²) in [6, 6.07) is 3.24. The highest BCUT2D eigenvalue weighted by molar-refractivity contribution is 8.14. The van der Waals surface area contributed by atoms with Gasteiger partial charge in [0.15, 0.2) is 11.8 Å². The minimum Gasteiger partial charge on any atom is -0.467 e. The van der Waals surface area contributed by atoms with E-state index in [4.69, 9.17) is 4.42 Å². The molecule has 2 rings (SSSR count). The molecule has 0 bridgehead atoms. The van der Waals surface area contributed by atoms with Gasteiger partial charge < -0.3 is 9.15 Å². The zero-order valence-electron chi connectivity index (χ0n) is 7.60. The Morgan fingerprint density at radius 1 is 1.79 bits per heavy atom. The van der Waals surface area contributed by atoms with E-state index in [1.54, 1.807) is 12.3 Å². The lowest BCUT2D eigenvalue weighted by atomic mass is 10.3. The molecule has 0 unspecified atom stereocenters. The minimum atomic E-state index is -0.384. The SMILES string of the molecule is COC(=O)[C@@H]1CSC(c2ccco2)=N1. The predicted molar refractivity (Wildman–Crippen MR) is 53.5 cm³/mol. The van der Waals surface area contributed by atoms with Crippen LogP contribution in [0.3, 0.4) is 0 Å². The molecule has 1 aromatic heterocycles. The van der Waals surface area contributed by atoms with Crippen LogP contribution in [0, 0.1) is 0 Å². The summed E-state index contributed by atoms with van der Waals surface area (Å²) in [6.45, 7) is 0. The fourth-order valence-electron chi connectivity index (χ4n) is 1.17. The molecule has 1 atom stereocenters. The molecule has 5 heteroatoms. The van der Waals surface area contributed by atoms with Gasteiger partial charge in [-0.3, -0.25) is 4.99 Å². The zero-order chi connectivity index (χ0) is 9.97. The van der Waals surface area contributed by atoms with Gasteiger partial charge in [0.05, 0.1) is 13.4 Å². The number of hydrogen-bond acceptors (Lipinski definition) is 5. The van der Waals surface area contributed by atoms with Crippen molar-refractivity contribution in [3.63, 3.8) is 0 Å². The van der Waals surface area contributed by atoms with E-state index in [0.717, 1.165) is 5.04 Å². The number of ether oxygens (including phenoxy) is 1. The summed E-state index contributed by atoms with van der Waals surface area (Å²) < 4.78 is 9.79. The lowest BCUT2D eigenvalue weighted by molar-refractivity contribution is -0.141. The number of methoxy groups -OCH3 is 1. The second kappa shape index (κ2) is 3.88. The van der Waals surface area contributed by atoms with Gasteiger partial charge in [-0.25, -0.2) is 4.79 Å². The van der Waals surface area contributed by atoms with Crippen LogP contribution in [0.25, 0.3) is 0 Å². The number of carbonyl (C=O) groups excluding carboxylic acids is 1. The molecule has 0 spiro atoms. The van der Waals surface area contributed by atoms with E-state index >= 15 is 0 Å². The predicted octanol–water partition coefficient (Wildman–Crippen LogP) is 1.31. The first kappa shape index (κ1) is 9.33. The molecule has 0 fully saturated rings. The molecule has 0 radical (unpaired) electrons. The van der Waals surface area contributed by atoms with E-state index in [2.05, 4.69) is 9.73 Å². The van der Waals surface area contributed by atoms with Gasteiger partial charge in [-0.15, -0.1) is 11.8 Å². The van der Waals surface area contributed by atoms with E-state index in [0.29, 0.717) is 11.5 Å². The third-order valence-electron chi connectivity index (χ3n) is 1.86. The van der Waals surface area contributed by atoms with E-state index in [-0.39, 0.29) is 12.0 Å². The number of rotatable bonds is 2. The molecule has 0 amide bonds. The van der Waals surface area contributed by atoms with Crippen molar-refractivity contribution in [1.82, 2.24) is 0 Å². The molecule has 1 aromatic rings. The molecule has 1 aliphatic heterocycles. The third-order valence-corrected chi connectivity index (χ3v) is 2.92. The Morgan fingerprint density at radius 2 is 2.64 bits per heavy atom. The summed E-state index contributed by atoms with van der Waals surface area (Å²) in [5.41, 5.74) is 0. The van der Waals surface area contributed by atoms with Crippen molar-refractivity contribution in [2.75, 3.05) is 12.9 Å². The number of carbonyl (C=O) groups is 1. The maximum Gasteiger partial charge on any atom is 0.331 e. The Hall–Kier alpha value is -1.23. The molecule has 0 N–H and O–H groups in total. The van der Waals surface area contributed by atoms with Gasteiger partial charge in [-0.05, 0) is 12.1 Å². The molecular weight excluding hydrogens is 202 g/mol. The molecule has 2 heterocycles. The van der Waals surface area contributed by atoms with Crippen molar-refractivity contribution in [3.05, 3.63) is 24.2 Å². The summed E-state index contributed by atoms with van der Waals surface area (Å²) in [5.74, 6) is 1.04. The first-order valence-corrected chi connectivity index (χ1v) is 5.12. The minimum absolute atomic E-state index is 0.293. The van der Waals surface area contributed by atoms with Crippen LogP contribution in [0.2, 0.25) is 0 Å². The number of hydrogen-bond donors (Lipinski definition) is 0. The smallest absolute Gasteiger partial charge is 0.331 e. The van der Waals surface area contributed by atoms with E-state index in [1.807, 2.05) is 6.07 Å². The van der Waals surface area contributed by atoms with E-state index in [1.165, 1.54) is 18.9 Å². The first-order valence-electron chi connectivity index (χ1n) is 4.13. The molecule has 1 aliphatic rings. The average Bonchev–Trinajstić information content (AvgIpc) is 2.86. The molecule has 4 nitrogen and oxygen atoms in total. The van der Waals surface area contributed by atoms with E-state index in [9.17, 15) is 4.79 Å². The largest absolute Gasteiger partial charge is 0.467 e. The van der Waals surface area contributed by atoms with Gasteiger partial charge in [0.25, 0.3) is 0 Å². The van der Waals surface area contributed by atoms with Gasteiger partial charge in [-0.1, -0.05) is 0 Å². The maximum absolute atomic E-state index is 11.2. The zero-order valence-corrected chi connectivity index (χ0v) is 8.41. The highest BCUT2D eigenvalue weighted by Gasteiger charge is 2.27. The van der Waals surface area contributed by atoms with Crippen molar-refractivity contribution in [2.45, 2.75) is 6.04 Å². The van der Waals surface area contributed by atoms with Crippen molar-refractivity contribution >= 4 is 22.8 Å². The molecule has 0 aromatic carbocycles. The van der Waals surface area contributed by atoms with Gasteiger partial charge in [-0.2, -0.15) is 0 Å². The number of nitrogens with zero attached hydrogens (tertiary/aromatic N) is 1. The monoisotopic (exact) mass is 211 g/mol. The van der Waals surface area contributed by atoms with Crippen LogP contribution in [-0.4, -0.2) is 29.9 Å². The number of thioether (sulfide) groups is 1. The van der Waals surface area contributed by atoms with Gasteiger partial charge in [0.2, 0.25) is 0 Å². The van der Waals surface area contributed by atoms with Crippen LogP contribution in [0.1, 0.15) is 5.76 Å². The lowest BCUT2D eigenvalue weighted by Gasteiger charge is -2.00. The standard InChI is InChI=1S/C9H9NO3S/c1-12-9(11)6-5-14-8(10-6)7-3-2-4-13-7/h2-4,6H,5H2,1H3/t6-/m0/s1. The van der Waals surface area contributed by atoms with Crippen molar-refractivity contribution in [2.24, 2.45) is 4.99 Å². The van der Waals surface area contributed by atoms with Crippen LogP contribution >= 0.6 is 11.8 Å². The van der Waals surface area contributed by atoms with Crippen molar-refractivity contribution < 1.29 is 13.9 Å². The summed E-state index contributed by atoms with van der Waals surface area (Å²) in [6.07, 6.45) is 1.59. The fourth-order valence-corrected chi connectivity index (χ4v) is 2.15. The van der Waals surface area contributed by atoms with Crippen LogP contribution in [0.4, 0.5) is 0 Å². The number of furan rings is 1. The highest BCUT2D eigenvalue weighted by Crippen LogP contribution is 2.24.